The van der Waals surface area contributed by atoms with Crippen LogP contribution in [0.15, 0.2) is 54.6 Å². The second-order valence-electron chi connectivity index (χ2n) is 5.63. The molecule has 1 saturated carbocycles. The summed E-state index contributed by atoms with van der Waals surface area (Å²) in [4.78, 5) is 11.5. The Labute approximate surface area is 130 Å². The number of hydrogen-bond donors (Lipinski definition) is 0. The third-order valence-electron chi connectivity index (χ3n) is 4.28. The van der Waals surface area contributed by atoms with Gasteiger partial charge < -0.3 is 9.47 Å². The van der Waals surface area contributed by atoms with Gasteiger partial charge >= 0.3 is 5.97 Å². The minimum atomic E-state index is -0.294. The van der Waals surface area contributed by atoms with Crippen LogP contribution in [0.5, 0.6) is 0 Å². The van der Waals surface area contributed by atoms with Crippen LogP contribution in [0.1, 0.15) is 40.2 Å². The zero-order chi connectivity index (χ0) is 15.4. The predicted octanol–water partition coefficient (Wildman–Crippen LogP) is 3.94. The summed E-state index contributed by atoms with van der Waals surface area (Å²) in [5.74, 6) is 0.132. The molecule has 22 heavy (non-hydrogen) atoms. The third-order valence-corrected chi connectivity index (χ3v) is 4.28. The van der Waals surface area contributed by atoms with Gasteiger partial charge in [0.2, 0.25) is 0 Å². The molecule has 0 radical (unpaired) electrons. The third kappa shape index (κ3) is 3.20. The van der Waals surface area contributed by atoms with E-state index in [1.165, 1.54) is 18.2 Å². The van der Waals surface area contributed by atoms with Gasteiger partial charge in [-0.2, -0.15) is 0 Å². The number of rotatable bonds is 5. The summed E-state index contributed by atoms with van der Waals surface area (Å²) in [6.45, 7) is 0.655. The van der Waals surface area contributed by atoms with Gasteiger partial charge in [0, 0.05) is 5.92 Å². The molecule has 0 saturated heterocycles. The molecule has 1 aliphatic carbocycles. The Morgan fingerprint density at radius 1 is 1.05 bits per heavy atom. The number of carbonyl (C=O) groups excluding carboxylic acids is 1. The normalized spacial score (nSPS) is 20.2. The first-order valence-corrected chi connectivity index (χ1v) is 7.61. The fourth-order valence-electron chi connectivity index (χ4n) is 2.81. The number of methoxy groups -OCH3 is 1. The van der Waals surface area contributed by atoms with Crippen LogP contribution in [0, 0.1) is 0 Å². The maximum absolute atomic E-state index is 11.5. The van der Waals surface area contributed by atoms with Crippen molar-refractivity contribution in [3.63, 3.8) is 0 Å². The lowest BCUT2D eigenvalue weighted by molar-refractivity contribution is -0.0273. The average molecular weight is 296 g/mol. The molecule has 0 amide bonds. The average Bonchev–Trinajstić information content (AvgIpc) is 2.55. The highest BCUT2D eigenvalue weighted by Crippen LogP contribution is 2.39. The predicted molar refractivity (Wildman–Crippen MR) is 84.8 cm³/mol. The summed E-state index contributed by atoms with van der Waals surface area (Å²) in [5, 5.41) is 0. The zero-order valence-corrected chi connectivity index (χ0v) is 12.7. The van der Waals surface area contributed by atoms with Crippen molar-refractivity contribution < 1.29 is 14.3 Å². The molecule has 0 spiro atoms. The fourth-order valence-corrected chi connectivity index (χ4v) is 2.81. The van der Waals surface area contributed by atoms with Crippen LogP contribution >= 0.6 is 0 Å². The van der Waals surface area contributed by atoms with Crippen molar-refractivity contribution in [3.05, 3.63) is 71.3 Å². The van der Waals surface area contributed by atoms with Crippen LogP contribution in [0.3, 0.4) is 0 Å². The molecule has 0 aromatic heterocycles. The van der Waals surface area contributed by atoms with E-state index in [9.17, 15) is 4.79 Å². The molecule has 0 N–H and O–H groups in total. The van der Waals surface area contributed by atoms with Gasteiger partial charge in [0.15, 0.2) is 0 Å². The molecule has 0 aliphatic heterocycles. The number of hydrogen-bond acceptors (Lipinski definition) is 3. The lowest BCUT2D eigenvalue weighted by Crippen LogP contribution is -2.32. The van der Waals surface area contributed by atoms with E-state index in [4.69, 9.17) is 9.47 Å². The topological polar surface area (TPSA) is 35.5 Å². The van der Waals surface area contributed by atoms with E-state index in [-0.39, 0.29) is 12.1 Å². The van der Waals surface area contributed by atoms with E-state index in [2.05, 4.69) is 12.1 Å². The van der Waals surface area contributed by atoms with E-state index in [0.717, 1.165) is 12.8 Å². The highest BCUT2D eigenvalue weighted by atomic mass is 16.5. The Morgan fingerprint density at radius 2 is 1.77 bits per heavy atom. The van der Waals surface area contributed by atoms with Gasteiger partial charge in [0.05, 0.1) is 25.4 Å². The Bertz CT molecular complexity index is 619. The van der Waals surface area contributed by atoms with Crippen molar-refractivity contribution in [1.29, 1.82) is 0 Å². The van der Waals surface area contributed by atoms with Gasteiger partial charge in [0.25, 0.3) is 0 Å². The first kappa shape index (κ1) is 14.8. The molecule has 1 fully saturated rings. The standard InChI is InChI=1S/C19H20O3/c1-21-19(20)16-9-7-15(8-10-16)17-11-12-18(17)22-13-14-5-3-2-4-6-14/h2-10,17-18H,11-13H2,1H3. The van der Waals surface area contributed by atoms with E-state index in [1.807, 2.05) is 42.5 Å². The molecule has 2 unspecified atom stereocenters. The summed E-state index contributed by atoms with van der Waals surface area (Å²) in [7, 11) is 1.40. The highest BCUT2D eigenvalue weighted by Gasteiger charge is 2.32. The monoisotopic (exact) mass is 296 g/mol. The lowest BCUT2D eigenvalue weighted by Gasteiger charge is -2.37. The largest absolute Gasteiger partial charge is 0.465 e. The van der Waals surface area contributed by atoms with Crippen molar-refractivity contribution in [3.8, 4) is 0 Å². The van der Waals surface area contributed by atoms with Crippen LogP contribution in [-0.4, -0.2) is 19.2 Å². The molecule has 3 heteroatoms. The Kier molecular flexibility index (Phi) is 4.54. The summed E-state index contributed by atoms with van der Waals surface area (Å²) in [6, 6.07) is 17.9. The summed E-state index contributed by atoms with van der Waals surface area (Å²) in [6.07, 6.45) is 2.50. The first-order valence-electron chi connectivity index (χ1n) is 7.61. The number of carbonyl (C=O) groups is 1. The van der Waals surface area contributed by atoms with E-state index in [1.54, 1.807) is 0 Å². The smallest absolute Gasteiger partial charge is 0.337 e. The molecule has 2 aromatic rings. The number of benzene rings is 2. The van der Waals surface area contributed by atoms with Gasteiger partial charge in [-0.1, -0.05) is 42.5 Å². The van der Waals surface area contributed by atoms with Gasteiger partial charge in [-0.05, 0) is 36.1 Å². The molecule has 0 bridgehead atoms. The molecule has 1 aliphatic rings. The molecule has 2 aromatic carbocycles. The lowest BCUT2D eigenvalue weighted by atomic mass is 9.77. The van der Waals surface area contributed by atoms with Gasteiger partial charge in [0.1, 0.15) is 0 Å². The molecular formula is C19H20O3. The highest BCUT2D eigenvalue weighted by molar-refractivity contribution is 5.89. The van der Waals surface area contributed by atoms with Crippen molar-refractivity contribution in [2.24, 2.45) is 0 Å². The van der Waals surface area contributed by atoms with Crippen molar-refractivity contribution in [1.82, 2.24) is 0 Å². The van der Waals surface area contributed by atoms with Crippen LogP contribution in [0.25, 0.3) is 0 Å². The number of esters is 1. The fraction of sp³-hybridized carbons (Fsp3) is 0.316. The zero-order valence-electron chi connectivity index (χ0n) is 12.7. The molecular weight excluding hydrogens is 276 g/mol. The molecule has 114 valence electrons. The second-order valence-corrected chi connectivity index (χ2v) is 5.63. The van der Waals surface area contributed by atoms with E-state index in [0.29, 0.717) is 18.1 Å². The first-order chi connectivity index (χ1) is 10.8. The maximum atomic E-state index is 11.5. The van der Waals surface area contributed by atoms with Crippen LogP contribution in [-0.2, 0) is 16.1 Å². The molecule has 3 nitrogen and oxygen atoms in total. The van der Waals surface area contributed by atoms with Gasteiger partial charge in [-0.3, -0.25) is 0 Å². The second kappa shape index (κ2) is 6.75. The number of ether oxygens (including phenoxy) is 2. The Balaban J connectivity index is 1.59. The molecule has 0 heterocycles. The molecule has 2 atom stereocenters. The van der Waals surface area contributed by atoms with Crippen LogP contribution in [0.2, 0.25) is 0 Å². The van der Waals surface area contributed by atoms with Crippen molar-refractivity contribution in [2.45, 2.75) is 31.5 Å². The SMILES string of the molecule is COC(=O)c1ccc(C2CCC2OCc2ccccc2)cc1. The van der Waals surface area contributed by atoms with Crippen molar-refractivity contribution in [2.75, 3.05) is 7.11 Å². The Hall–Kier alpha value is -2.13. The summed E-state index contributed by atoms with van der Waals surface area (Å²) in [5.41, 5.74) is 3.03. The van der Waals surface area contributed by atoms with Crippen molar-refractivity contribution >= 4 is 5.97 Å². The molecule has 3 rings (SSSR count). The maximum Gasteiger partial charge on any atom is 0.337 e. The summed E-state index contributed by atoms with van der Waals surface area (Å²) < 4.78 is 10.8. The van der Waals surface area contributed by atoms with Crippen LogP contribution in [0.4, 0.5) is 0 Å². The van der Waals surface area contributed by atoms with Crippen LogP contribution < -0.4 is 0 Å². The minimum Gasteiger partial charge on any atom is -0.465 e. The van der Waals surface area contributed by atoms with Gasteiger partial charge in [-0.15, -0.1) is 0 Å². The van der Waals surface area contributed by atoms with E-state index >= 15 is 0 Å². The van der Waals surface area contributed by atoms with E-state index < -0.39 is 0 Å². The Morgan fingerprint density at radius 3 is 2.36 bits per heavy atom. The quantitative estimate of drug-likeness (QED) is 0.784. The minimum absolute atomic E-state index is 0.268. The van der Waals surface area contributed by atoms with Gasteiger partial charge in [-0.25, -0.2) is 4.79 Å². The summed E-state index contributed by atoms with van der Waals surface area (Å²) >= 11 is 0.